The van der Waals surface area contributed by atoms with Crippen LogP contribution in [-0.4, -0.2) is 27.2 Å². The molecule has 2 heterocycles. The van der Waals surface area contributed by atoms with Gasteiger partial charge in [0.15, 0.2) is 5.69 Å². The van der Waals surface area contributed by atoms with Crippen molar-refractivity contribution in [1.29, 1.82) is 0 Å². The van der Waals surface area contributed by atoms with E-state index in [0.717, 1.165) is 6.42 Å². The van der Waals surface area contributed by atoms with E-state index in [1.165, 1.54) is 18.2 Å². The van der Waals surface area contributed by atoms with E-state index in [1.807, 2.05) is 13.8 Å². The number of carboxylic acid groups (broad SMARTS) is 1. The number of Topliss-reactive ketones (excluding diaryl/α,β-unsaturated/α-hetero) is 1. The molecule has 3 aromatic rings. The SMILES string of the molecule is Cc1ccc(CC(=O)C[C@H](CCC(=O)O)c2noc(-c3cc(CCC(C)C)on3)c2C(F)(F)F)c(F)c1. The Morgan fingerprint density at radius 3 is 2.43 bits per heavy atom. The summed E-state index contributed by atoms with van der Waals surface area (Å²) in [7, 11) is 0. The lowest BCUT2D eigenvalue weighted by molar-refractivity contribution is -0.138. The Morgan fingerprint density at radius 2 is 1.81 bits per heavy atom. The van der Waals surface area contributed by atoms with Crippen molar-refractivity contribution in [3.8, 4) is 11.5 Å². The van der Waals surface area contributed by atoms with E-state index in [1.54, 1.807) is 13.0 Å². The lowest BCUT2D eigenvalue weighted by atomic mass is 9.88. The fourth-order valence-corrected chi connectivity index (χ4v) is 3.99. The van der Waals surface area contributed by atoms with Gasteiger partial charge in [0.05, 0.1) is 0 Å². The molecule has 0 saturated heterocycles. The number of carbonyl (C=O) groups excluding carboxylic acids is 1. The largest absolute Gasteiger partial charge is 0.481 e. The maximum Gasteiger partial charge on any atom is 0.422 e. The Kier molecular flexibility index (Phi) is 8.88. The predicted molar refractivity (Wildman–Crippen MR) is 124 cm³/mol. The van der Waals surface area contributed by atoms with Crippen molar-refractivity contribution in [2.45, 2.75) is 71.4 Å². The molecule has 0 unspecified atom stereocenters. The Bertz CT molecular complexity index is 1250. The second-order valence-electron chi connectivity index (χ2n) is 9.52. The van der Waals surface area contributed by atoms with Crippen LogP contribution in [0.5, 0.6) is 0 Å². The van der Waals surface area contributed by atoms with Crippen LogP contribution in [-0.2, 0) is 28.6 Å². The molecule has 0 saturated carbocycles. The highest BCUT2D eigenvalue weighted by molar-refractivity contribution is 5.82. The number of carbonyl (C=O) groups is 2. The molecule has 1 aromatic carbocycles. The first-order valence-corrected chi connectivity index (χ1v) is 11.9. The van der Waals surface area contributed by atoms with Crippen LogP contribution < -0.4 is 0 Å². The van der Waals surface area contributed by atoms with E-state index in [-0.39, 0.29) is 24.1 Å². The molecule has 0 spiro atoms. The van der Waals surface area contributed by atoms with Gasteiger partial charge in [0.1, 0.15) is 28.6 Å². The molecule has 1 N–H and O–H groups in total. The molecule has 2 aromatic heterocycles. The van der Waals surface area contributed by atoms with Crippen LogP contribution >= 0.6 is 0 Å². The predicted octanol–water partition coefficient (Wildman–Crippen LogP) is 6.53. The van der Waals surface area contributed by atoms with Gasteiger partial charge in [-0.2, -0.15) is 13.2 Å². The molecule has 0 amide bonds. The fourth-order valence-electron chi connectivity index (χ4n) is 3.99. The van der Waals surface area contributed by atoms with Gasteiger partial charge in [-0.3, -0.25) is 9.59 Å². The quantitative estimate of drug-likeness (QED) is 0.268. The minimum Gasteiger partial charge on any atom is -0.481 e. The molecule has 0 aliphatic rings. The topological polar surface area (TPSA) is 106 Å². The van der Waals surface area contributed by atoms with Gasteiger partial charge in [0.2, 0.25) is 5.76 Å². The number of rotatable bonds is 12. The van der Waals surface area contributed by atoms with Crippen LogP contribution in [0.1, 0.15) is 73.6 Å². The number of aryl methyl sites for hydroxylation is 2. The highest BCUT2D eigenvalue weighted by atomic mass is 19.4. The minimum atomic E-state index is -4.94. The number of halogens is 4. The van der Waals surface area contributed by atoms with Gasteiger partial charge in [0, 0.05) is 37.7 Å². The number of hydrogen-bond acceptors (Lipinski definition) is 6. The third-order valence-corrected chi connectivity index (χ3v) is 5.93. The van der Waals surface area contributed by atoms with Gasteiger partial charge in [-0.05, 0) is 42.9 Å². The number of carboxylic acids is 1. The summed E-state index contributed by atoms with van der Waals surface area (Å²) in [6, 6.07) is 5.65. The van der Waals surface area contributed by atoms with Crippen molar-refractivity contribution < 1.29 is 41.3 Å². The maximum absolute atomic E-state index is 14.2. The van der Waals surface area contributed by atoms with Gasteiger partial charge in [-0.25, -0.2) is 4.39 Å². The lowest BCUT2D eigenvalue weighted by Gasteiger charge is -2.16. The number of ketones is 1. The van der Waals surface area contributed by atoms with Gasteiger partial charge < -0.3 is 14.2 Å². The van der Waals surface area contributed by atoms with E-state index in [2.05, 4.69) is 10.3 Å². The second kappa shape index (κ2) is 11.7. The average Bonchev–Trinajstić information content (AvgIpc) is 3.44. The smallest absolute Gasteiger partial charge is 0.422 e. The fraction of sp³-hybridized carbons (Fsp3) is 0.462. The third kappa shape index (κ3) is 7.50. The zero-order valence-corrected chi connectivity index (χ0v) is 20.7. The summed E-state index contributed by atoms with van der Waals surface area (Å²) in [5.74, 6) is -3.57. The lowest BCUT2D eigenvalue weighted by Crippen LogP contribution is -2.17. The third-order valence-electron chi connectivity index (χ3n) is 5.93. The van der Waals surface area contributed by atoms with Crippen molar-refractivity contribution >= 4 is 11.8 Å². The van der Waals surface area contributed by atoms with Gasteiger partial charge in [0.25, 0.3) is 0 Å². The average molecular weight is 525 g/mol. The Morgan fingerprint density at radius 1 is 1.08 bits per heavy atom. The summed E-state index contributed by atoms with van der Waals surface area (Å²) >= 11 is 0. The number of aromatic nitrogens is 2. The highest BCUT2D eigenvalue weighted by Gasteiger charge is 2.43. The molecule has 7 nitrogen and oxygen atoms in total. The van der Waals surface area contributed by atoms with Crippen LogP contribution in [0, 0.1) is 18.7 Å². The molecule has 0 radical (unpaired) electrons. The van der Waals surface area contributed by atoms with Crippen LogP contribution in [0.4, 0.5) is 17.6 Å². The van der Waals surface area contributed by atoms with Crippen molar-refractivity contribution in [3.05, 3.63) is 58.2 Å². The molecule has 0 aliphatic heterocycles. The van der Waals surface area contributed by atoms with Crippen LogP contribution in [0.25, 0.3) is 11.5 Å². The van der Waals surface area contributed by atoms with Crippen molar-refractivity contribution in [2.75, 3.05) is 0 Å². The number of nitrogens with zero attached hydrogens (tertiary/aromatic N) is 2. The molecule has 1 atom stereocenters. The first-order chi connectivity index (χ1) is 17.3. The van der Waals surface area contributed by atoms with Crippen molar-refractivity contribution in [2.24, 2.45) is 5.92 Å². The summed E-state index contributed by atoms with van der Waals surface area (Å²) in [6.07, 6.45) is -5.36. The zero-order valence-electron chi connectivity index (χ0n) is 20.7. The monoisotopic (exact) mass is 524 g/mol. The molecule has 0 bridgehead atoms. The molecule has 37 heavy (non-hydrogen) atoms. The molecule has 200 valence electrons. The van der Waals surface area contributed by atoms with Crippen LogP contribution in [0.2, 0.25) is 0 Å². The van der Waals surface area contributed by atoms with E-state index < -0.39 is 59.5 Å². The van der Waals surface area contributed by atoms with Crippen LogP contribution in [0.3, 0.4) is 0 Å². The Balaban J connectivity index is 1.93. The number of benzene rings is 1. The number of aliphatic carboxylic acids is 1. The summed E-state index contributed by atoms with van der Waals surface area (Å²) in [5.41, 5.74) is -1.27. The van der Waals surface area contributed by atoms with E-state index in [9.17, 15) is 27.2 Å². The molecule has 11 heteroatoms. The van der Waals surface area contributed by atoms with Crippen LogP contribution in [0.15, 0.2) is 33.3 Å². The number of hydrogen-bond donors (Lipinski definition) is 1. The molecule has 3 rings (SSSR count). The molecular formula is C26H28F4N2O5. The van der Waals surface area contributed by atoms with Gasteiger partial charge in [-0.15, -0.1) is 0 Å². The maximum atomic E-state index is 14.2. The van der Waals surface area contributed by atoms with Crippen molar-refractivity contribution in [1.82, 2.24) is 10.3 Å². The standard InChI is InChI=1S/C26H28F4N2O5/c1-14(2)4-8-19-13-21(31-36-19)25-23(26(28,29)30)24(32-37-25)17(7-9-22(34)35)12-18(33)11-16-6-5-15(3)10-20(16)27/h5-6,10,13-14,17H,4,7-9,11-12H2,1-3H3,(H,34,35)/t17-/m0/s1. The molecular weight excluding hydrogens is 496 g/mol. The summed E-state index contributed by atoms with van der Waals surface area (Å²) in [5, 5.41) is 16.4. The first kappa shape index (κ1) is 28.1. The second-order valence-corrected chi connectivity index (χ2v) is 9.52. The van der Waals surface area contributed by atoms with E-state index in [0.29, 0.717) is 23.7 Å². The summed E-state index contributed by atoms with van der Waals surface area (Å²) < 4.78 is 67.1. The first-order valence-electron chi connectivity index (χ1n) is 11.9. The van der Waals surface area contributed by atoms with Gasteiger partial charge in [-0.1, -0.05) is 36.3 Å². The van der Waals surface area contributed by atoms with E-state index in [4.69, 9.17) is 14.2 Å². The Hall–Kier alpha value is -3.50. The molecule has 0 fully saturated rings. The number of alkyl halides is 3. The van der Waals surface area contributed by atoms with E-state index >= 15 is 0 Å². The normalized spacial score (nSPS) is 12.8. The Labute approximate surface area is 210 Å². The highest BCUT2D eigenvalue weighted by Crippen LogP contribution is 2.43. The van der Waals surface area contributed by atoms with Gasteiger partial charge >= 0.3 is 12.1 Å². The minimum absolute atomic E-state index is 0.0981. The summed E-state index contributed by atoms with van der Waals surface area (Å²) in [4.78, 5) is 24.0. The zero-order chi connectivity index (χ0) is 27.3. The van der Waals surface area contributed by atoms with Crippen molar-refractivity contribution in [3.63, 3.8) is 0 Å². The summed E-state index contributed by atoms with van der Waals surface area (Å²) in [6.45, 7) is 5.67. The molecule has 0 aliphatic carbocycles.